The van der Waals surface area contributed by atoms with E-state index < -0.39 is 0 Å². The standard InChI is InChI=1S/C14H25N3O/c1-3-8-15-14-7-5-6-13(16-14)12-17(9-4-2)10-11-18/h5-7,18H,3-4,8-12H2,1-2H3,(H,15,16). The van der Waals surface area contributed by atoms with Crippen molar-refractivity contribution in [1.82, 2.24) is 9.88 Å². The number of aromatic nitrogens is 1. The lowest BCUT2D eigenvalue weighted by Gasteiger charge is -2.20. The average Bonchev–Trinajstić information content (AvgIpc) is 2.37. The number of hydrogen-bond acceptors (Lipinski definition) is 4. The van der Waals surface area contributed by atoms with Crippen LogP contribution in [0.3, 0.4) is 0 Å². The van der Waals surface area contributed by atoms with Crippen molar-refractivity contribution in [3.05, 3.63) is 23.9 Å². The molecule has 0 atom stereocenters. The van der Waals surface area contributed by atoms with Crippen molar-refractivity contribution in [3.63, 3.8) is 0 Å². The van der Waals surface area contributed by atoms with E-state index in [0.717, 1.165) is 44.0 Å². The predicted octanol–water partition coefficient (Wildman–Crippen LogP) is 2.11. The minimum absolute atomic E-state index is 0.202. The van der Waals surface area contributed by atoms with E-state index in [-0.39, 0.29) is 6.61 Å². The van der Waals surface area contributed by atoms with E-state index in [4.69, 9.17) is 5.11 Å². The van der Waals surface area contributed by atoms with Crippen LogP contribution in [-0.2, 0) is 6.54 Å². The summed E-state index contributed by atoms with van der Waals surface area (Å²) in [6.45, 7) is 7.95. The first-order chi connectivity index (χ1) is 8.80. The second-order valence-corrected chi connectivity index (χ2v) is 4.44. The van der Waals surface area contributed by atoms with Crippen LogP contribution >= 0.6 is 0 Å². The van der Waals surface area contributed by atoms with Crippen LogP contribution < -0.4 is 5.32 Å². The molecule has 0 bridgehead atoms. The summed E-state index contributed by atoms with van der Waals surface area (Å²) in [5.74, 6) is 0.940. The maximum absolute atomic E-state index is 9.04. The number of hydrogen-bond donors (Lipinski definition) is 2. The monoisotopic (exact) mass is 251 g/mol. The van der Waals surface area contributed by atoms with Gasteiger partial charge in [-0.25, -0.2) is 4.98 Å². The molecule has 102 valence electrons. The Balaban J connectivity index is 2.58. The average molecular weight is 251 g/mol. The zero-order chi connectivity index (χ0) is 13.2. The molecule has 0 aromatic carbocycles. The summed E-state index contributed by atoms with van der Waals surface area (Å²) < 4.78 is 0. The van der Waals surface area contributed by atoms with Crippen molar-refractivity contribution in [1.29, 1.82) is 0 Å². The molecule has 18 heavy (non-hydrogen) atoms. The summed E-state index contributed by atoms with van der Waals surface area (Å²) in [4.78, 5) is 6.81. The van der Waals surface area contributed by atoms with E-state index in [1.165, 1.54) is 0 Å². The van der Waals surface area contributed by atoms with Crippen molar-refractivity contribution < 1.29 is 5.11 Å². The van der Waals surface area contributed by atoms with Gasteiger partial charge in [0, 0.05) is 19.6 Å². The highest BCUT2D eigenvalue weighted by atomic mass is 16.3. The summed E-state index contributed by atoms with van der Waals surface area (Å²) in [5.41, 5.74) is 1.05. The summed E-state index contributed by atoms with van der Waals surface area (Å²) in [6.07, 6.45) is 2.19. The molecule has 1 heterocycles. The van der Waals surface area contributed by atoms with Crippen LogP contribution in [0.25, 0.3) is 0 Å². The zero-order valence-electron chi connectivity index (χ0n) is 11.5. The van der Waals surface area contributed by atoms with Gasteiger partial charge in [-0.15, -0.1) is 0 Å². The second kappa shape index (κ2) is 8.89. The molecule has 1 aromatic heterocycles. The molecule has 1 rings (SSSR count). The summed E-state index contributed by atoms with van der Waals surface area (Å²) in [5, 5.41) is 12.3. The molecule has 0 saturated carbocycles. The van der Waals surface area contributed by atoms with E-state index in [1.54, 1.807) is 0 Å². The third kappa shape index (κ3) is 5.47. The number of pyridine rings is 1. The highest BCUT2D eigenvalue weighted by Gasteiger charge is 2.05. The van der Waals surface area contributed by atoms with Gasteiger partial charge in [0.25, 0.3) is 0 Å². The van der Waals surface area contributed by atoms with Crippen LogP contribution in [0.4, 0.5) is 5.82 Å². The van der Waals surface area contributed by atoms with Gasteiger partial charge in [0.2, 0.25) is 0 Å². The number of nitrogens with one attached hydrogen (secondary N) is 1. The molecule has 0 radical (unpaired) electrons. The minimum Gasteiger partial charge on any atom is -0.395 e. The third-order valence-corrected chi connectivity index (χ3v) is 2.70. The van der Waals surface area contributed by atoms with Gasteiger partial charge in [-0.2, -0.15) is 0 Å². The quantitative estimate of drug-likeness (QED) is 0.705. The molecule has 1 aromatic rings. The van der Waals surface area contributed by atoms with Gasteiger partial charge in [0.1, 0.15) is 5.82 Å². The van der Waals surface area contributed by atoms with Crippen molar-refractivity contribution in [3.8, 4) is 0 Å². The molecule has 0 unspecified atom stereocenters. The van der Waals surface area contributed by atoms with Crippen molar-refractivity contribution in [2.75, 3.05) is 31.6 Å². The minimum atomic E-state index is 0.202. The molecule has 0 aliphatic heterocycles. The summed E-state index contributed by atoms with van der Waals surface area (Å²) in [6, 6.07) is 6.07. The lowest BCUT2D eigenvalue weighted by atomic mass is 10.3. The fourth-order valence-electron chi connectivity index (χ4n) is 1.88. The Morgan fingerprint density at radius 1 is 1.22 bits per heavy atom. The smallest absolute Gasteiger partial charge is 0.126 e. The molecule has 4 nitrogen and oxygen atoms in total. The number of nitrogens with zero attached hydrogens (tertiary/aromatic N) is 2. The Bertz CT molecular complexity index is 325. The molecule has 4 heteroatoms. The number of anilines is 1. The Labute approximate surface area is 110 Å². The molecule has 0 aliphatic rings. The maximum atomic E-state index is 9.04. The lowest BCUT2D eigenvalue weighted by Crippen LogP contribution is -2.27. The molecule has 0 saturated heterocycles. The van der Waals surface area contributed by atoms with Gasteiger partial charge in [0.05, 0.1) is 12.3 Å². The first-order valence-corrected chi connectivity index (χ1v) is 6.83. The first-order valence-electron chi connectivity index (χ1n) is 6.83. The van der Waals surface area contributed by atoms with Crippen molar-refractivity contribution >= 4 is 5.82 Å². The number of aliphatic hydroxyl groups is 1. The molecular weight excluding hydrogens is 226 g/mol. The molecular formula is C14H25N3O. The van der Waals surface area contributed by atoms with Crippen LogP contribution in [0.5, 0.6) is 0 Å². The maximum Gasteiger partial charge on any atom is 0.126 e. The topological polar surface area (TPSA) is 48.4 Å². The molecule has 0 fully saturated rings. The molecule has 2 N–H and O–H groups in total. The summed E-state index contributed by atoms with van der Waals surface area (Å²) in [7, 11) is 0. The highest BCUT2D eigenvalue weighted by molar-refractivity contribution is 5.35. The summed E-state index contributed by atoms with van der Waals surface area (Å²) >= 11 is 0. The molecule has 0 spiro atoms. The van der Waals surface area contributed by atoms with Crippen molar-refractivity contribution in [2.45, 2.75) is 33.2 Å². The van der Waals surface area contributed by atoms with Gasteiger partial charge >= 0.3 is 0 Å². The van der Waals surface area contributed by atoms with Crippen LogP contribution in [0.15, 0.2) is 18.2 Å². The van der Waals surface area contributed by atoms with Gasteiger partial charge in [-0.05, 0) is 31.5 Å². The van der Waals surface area contributed by atoms with E-state index in [1.807, 2.05) is 18.2 Å². The predicted molar refractivity (Wildman–Crippen MR) is 75.7 cm³/mol. The Morgan fingerprint density at radius 2 is 2.06 bits per heavy atom. The lowest BCUT2D eigenvalue weighted by molar-refractivity contribution is 0.189. The Kier molecular flexibility index (Phi) is 7.37. The molecule has 0 amide bonds. The Hall–Kier alpha value is -1.13. The fraction of sp³-hybridized carbons (Fsp3) is 0.643. The number of rotatable bonds is 9. The van der Waals surface area contributed by atoms with Crippen LogP contribution in [0.1, 0.15) is 32.4 Å². The first kappa shape index (κ1) is 14.9. The fourth-order valence-corrected chi connectivity index (χ4v) is 1.88. The van der Waals surface area contributed by atoms with E-state index >= 15 is 0 Å². The third-order valence-electron chi connectivity index (χ3n) is 2.70. The highest BCUT2D eigenvalue weighted by Crippen LogP contribution is 2.08. The zero-order valence-corrected chi connectivity index (χ0v) is 11.5. The largest absolute Gasteiger partial charge is 0.395 e. The normalized spacial score (nSPS) is 10.9. The van der Waals surface area contributed by atoms with E-state index in [2.05, 4.69) is 29.0 Å². The van der Waals surface area contributed by atoms with Crippen LogP contribution in [0.2, 0.25) is 0 Å². The van der Waals surface area contributed by atoms with E-state index in [9.17, 15) is 0 Å². The Morgan fingerprint density at radius 3 is 2.72 bits per heavy atom. The number of aliphatic hydroxyl groups excluding tert-OH is 1. The van der Waals surface area contributed by atoms with Crippen LogP contribution in [0, 0.1) is 0 Å². The van der Waals surface area contributed by atoms with Gasteiger partial charge in [-0.1, -0.05) is 19.9 Å². The van der Waals surface area contributed by atoms with Gasteiger partial charge < -0.3 is 10.4 Å². The molecule has 0 aliphatic carbocycles. The van der Waals surface area contributed by atoms with Crippen LogP contribution in [-0.4, -0.2) is 41.2 Å². The van der Waals surface area contributed by atoms with E-state index in [0.29, 0.717) is 6.54 Å². The SMILES string of the molecule is CCCNc1cccc(CN(CCC)CCO)n1. The van der Waals surface area contributed by atoms with Gasteiger partial charge in [0.15, 0.2) is 0 Å². The second-order valence-electron chi connectivity index (χ2n) is 4.44. The van der Waals surface area contributed by atoms with Gasteiger partial charge in [-0.3, -0.25) is 4.90 Å². The van der Waals surface area contributed by atoms with Crippen molar-refractivity contribution in [2.24, 2.45) is 0 Å².